The fourth-order valence-corrected chi connectivity index (χ4v) is 4.19. The SMILES string of the molecule is COc1ccc(S(=O)(=O)N2COC(c3ccccc3)C2)c(C)c1. The van der Waals surface area contributed by atoms with Gasteiger partial charge in [-0.2, -0.15) is 4.31 Å². The van der Waals surface area contributed by atoms with E-state index in [1.807, 2.05) is 30.3 Å². The molecule has 2 aromatic carbocycles. The van der Waals surface area contributed by atoms with Crippen LogP contribution in [0.1, 0.15) is 17.2 Å². The molecule has 0 radical (unpaired) electrons. The zero-order chi connectivity index (χ0) is 16.4. The lowest BCUT2D eigenvalue weighted by Gasteiger charge is -2.16. The molecule has 0 saturated carbocycles. The van der Waals surface area contributed by atoms with Crippen molar-refractivity contribution < 1.29 is 17.9 Å². The largest absolute Gasteiger partial charge is 0.497 e. The second kappa shape index (κ2) is 6.31. The highest BCUT2D eigenvalue weighted by Crippen LogP contribution is 2.30. The molecular formula is C17H19NO4S. The van der Waals surface area contributed by atoms with Crippen molar-refractivity contribution in [2.75, 3.05) is 20.4 Å². The molecule has 1 aliphatic heterocycles. The molecular weight excluding hydrogens is 314 g/mol. The van der Waals surface area contributed by atoms with Crippen LogP contribution in [0, 0.1) is 6.92 Å². The van der Waals surface area contributed by atoms with Crippen LogP contribution in [0.5, 0.6) is 5.75 Å². The molecule has 6 heteroatoms. The third-order valence-corrected chi connectivity index (χ3v) is 5.91. The molecule has 1 saturated heterocycles. The van der Waals surface area contributed by atoms with E-state index >= 15 is 0 Å². The predicted molar refractivity (Wildman–Crippen MR) is 86.8 cm³/mol. The minimum Gasteiger partial charge on any atom is -0.497 e. The van der Waals surface area contributed by atoms with E-state index in [1.54, 1.807) is 32.2 Å². The summed E-state index contributed by atoms with van der Waals surface area (Å²) in [7, 11) is -2.03. The number of rotatable bonds is 4. The number of hydrogen-bond donors (Lipinski definition) is 0. The minimum absolute atomic E-state index is 0.0629. The van der Waals surface area contributed by atoms with Gasteiger partial charge < -0.3 is 9.47 Å². The molecule has 0 spiro atoms. The first-order valence-electron chi connectivity index (χ1n) is 7.33. The topological polar surface area (TPSA) is 55.8 Å². The fraction of sp³-hybridized carbons (Fsp3) is 0.294. The minimum atomic E-state index is -3.58. The molecule has 1 unspecified atom stereocenters. The van der Waals surface area contributed by atoms with Crippen molar-refractivity contribution in [3.05, 3.63) is 59.7 Å². The maximum Gasteiger partial charge on any atom is 0.245 e. The monoisotopic (exact) mass is 333 g/mol. The van der Waals surface area contributed by atoms with Crippen molar-refractivity contribution in [2.24, 2.45) is 0 Å². The molecule has 1 fully saturated rings. The first-order chi connectivity index (χ1) is 11.0. The normalized spacial score (nSPS) is 19.0. The highest BCUT2D eigenvalue weighted by molar-refractivity contribution is 7.89. The highest BCUT2D eigenvalue weighted by atomic mass is 32.2. The lowest BCUT2D eigenvalue weighted by Crippen LogP contribution is -2.29. The third-order valence-electron chi connectivity index (χ3n) is 3.96. The van der Waals surface area contributed by atoms with Gasteiger partial charge in [-0.15, -0.1) is 0 Å². The summed E-state index contributed by atoms with van der Waals surface area (Å²) in [6.45, 7) is 2.15. The van der Waals surface area contributed by atoms with Gasteiger partial charge in [0.15, 0.2) is 0 Å². The molecule has 0 N–H and O–H groups in total. The Balaban J connectivity index is 1.84. The molecule has 5 nitrogen and oxygen atoms in total. The van der Waals surface area contributed by atoms with Crippen molar-refractivity contribution >= 4 is 10.0 Å². The quantitative estimate of drug-likeness (QED) is 0.863. The Morgan fingerprint density at radius 3 is 2.57 bits per heavy atom. The van der Waals surface area contributed by atoms with E-state index in [0.29, 0.717) is 17.9 Å². The molecule has 2 aromatic rings. The van der Waals surface area contributed by atoms with Crippen molar-refractivity contribution in [3.8, 4) is 5.75 Å². The maximum absolute atomic E-state index is 12.8. The molecule has 3 rings (SSSR count). The van der Waals surface area contributed by atoms with Crippen molar-refractivity contribution in [3.63, 3.8) is 0 Å². The number of sulfonamides is 1. The molecule has 23 heavy (non-hydrogen) atoms. The number of nitrogens with zero attached hydrogens (tertiary/aromatic N) is 1. The van der Waals surface area contributed by atoms with Crippen molar-refractivity contribution in [1.29, 1.82) is 0 Å². The lowest BCUT2D eigenvalue weighted by atomic mass is 10.1. The van der Waals surface area contributed by atoms with Gasteiger partial charge in [0.2, 0.25) is 10.0 Å². The first-order valence-corrected chi connectivity index (χ1v) is 8.77. The van der Waals surface area contributed by atoms with Gasteiger partial charge >= 0.3 is 0 Å². The summed E-state index contributed by atoms with van der Waals surface area (Å²) in [6.07, 6.45) is -0.232. The smallest absolute Gasteiger partial charge is 0.245 e. The van der Waals surface area contributed by atoms with E-state index in [0.717, 1.165) is 5.56 Å². The number of benzene rings is 2. The van der Waals surface area contributed by atoms with Gasteiger partial charge in [-0.25, -0.2) is 8.42 Å². The summed E-state index contributed by atoms with van der Waals surface area (Å²) in [4.78, 5) is 0.288. The predicted octanol–water partition coefficient (Wildman–Crippen LogP) is 2.72. The standard InChI is InChI=1S/C17H19NO4S/c1-13-10-15(21-2)8-9-17(13)23(19,20)18-11-16(22-12-18)14-6-4-3-5-7-14/h3-10,16H,11-12H2,1-2H3. The van der Waals surface area contributed by atoms with Crippen LogP contribution in [0.2, 0.25) is 0 Å². The fourth-order valence-electron chi connectivity index (χ4n) is 2.68. The van der Waals surface area contributed by atoms with Crippen LogP contribution < -0.4 is 4.74 Å². The average Bonchev–Trinajstić information content (AvgIpc) is 3.06. The Hall–Kier alpha value is -1.89. The van der Waals surface area contributed by atoms with Crippen molar-refractivity contribution in [1.82, 2.24) is 4.31 Å². The van der Waals surface area contributed by atoms with Crippen LogP contribution in [0.4, 0.5) is 0 Å². The Morgan fingerprint density at radius 2 is 1.91 bits per heavy atom. The third kappa shape index (κ3) is 3.10. The molecule has 1 atom stereocenters. The summed E-state index contributed by atoms with van der Waals surface area (Å²) < 4.78 is 37.8. The Bertz CT molecular complexity index is 789. The van der Waals surface area contributed by atoms with Crippen LogP contribution in [0.3, 0.4) is 0 Å². The van der Waals surface area contributed by atoms with Crippen LogP contribution >= 0.6 is 0 Å². The van der Waals surface area contributed by atoms with Gasteiger partial charge in [-0.1, -0.05) is 30.3 Å². The van der Waals surface area contributed by atoms with E-state index in [4.69, 9.17) is 9.47 Å². The molecule has 0 aliphatic carbocycles. The summed E-state index contributed by atoms with van der Waals surface area (Å²) in [5.74, 6) is 0.640. The molecule has 1 aliphatic rings. The Labute approximate surface area is 136 Å². The van der Waals surface area contributed by atoms with Crippen molar-refractivity contribution in [2.45, 2.75) is 17.9 Å². The van der Waals surface area contributed by atoms with E-state index in [-0.39, 0.29) is 17.7 Å². The van der Waals surface area contributed by atoms with E-state index in [9.17, 15) is 8.42 Å². The molecule has 0 amide bonds. The molecule has 1 heterocycles. The van der Waals surface area contributed by atoms with Crippen LogP contribution in [-0.4, -0.2) is 33.1 Å². The second-order valence-corrected chi connectivity index (χ2v) is 7.37. The number of hydrogen-bond acceptors (Lipinski definition) is 4. The van der Waals surface area contributed by atoms with Gasteiger partial charge in [0.05, 0.1) is 18.1 Å². The first kappa shape index (κ1) is 16.0. The van der Waals surface area contributed by atoms with E-state index in [1.165, 1.54) is 4.31 Å². The van der Waals surface area contributed by atoms with E-state index < -0.39 is 10.0 Å². The summed E-state index contributed by atoms with van der Waals surface area (Å²) in [5.41, 5.74) is 1.64. The Morgan fingerprint density at radius 1 is 1.17 bits per heavy atom. The number of methoxy groups -OCH3 is 1. The van der Waals surface area contributed by atoms with Crippen LogP contribution in [0.25, 0.3) is 0 Å². The highest BCUT2D eigenvalue weighted by Gasteiger charge is 2.34. The molecule has 0 bridgehead atoms. The average molecular weight is 333 g/mol. The zero-order valence-corrected chi connectivity index (χ0v) is 13.9. The lowest BCUT2D eigenvalue weighted by molar-refractivity contribution is 0.104. The number of ether oxygens (including phenoxy) is 2. The van der Waals surface area contributed by atoms with Crippen LogP contribution in [0.15, 0.2) is 53.4 Å². The molecule has 122 valence electrons. The molecule has 0 aromatic heterocycles. The second-order valence-electron chi connectivity index (χ2n) is 5.47. The van der Waals surface area contributed by atoms with Gasteiger partial charge in [0.1, 0.15) is 12.5 Å². The maximum atomic E-state index is 12.8. The van der Waals surface area contributed by atoms with Gasteiger partial charge in [0, 0.05) is 6.54 Å². The van der Waals surface area contributed by atoms with E-state index in [2.05, 4.69) is 0 Å². The van der Waals surface area contributed by atoms with Gasteiger partial charge in [-0.3, -0.25) is 0 Å². The van der Waals surface area contributed by atoms with Crippen LogP contribution in [-0.2, 0) is 14.8 Å². The summed E-state index contributed by atoms with van der Waals surface area (Å²) >= 11 is 0. The summed E-state index contributed by atoms with van der Waals surface area (Å²) in [5, 5.41) is 0. The zero-order valence-electron chi connectivity index (χ0n) is 13.1. The number of aryl methyl sites for hydroxylation is 1. The van der Waals surface area contributed by atoms with Gasteiger partial charge in [0.25, 0.3) is 0 Å². The summed E-state index contributed by atoms with van der Waals surface area (Å²) in [6, 6.07) is 14.6. The Kier molecular flexibility index (Phi) is 4.39. The van der Waals surface area contributed by atoms with Gasteiger partial charge in [-0.05, 0) is 36.2 Å².